The molecule has 0 bridgehead atoms. The Balaban J connectivity index is 2.79. The molecule has 1 unspecified atom stereocenters. The first kappa shape index (κ1) is 13.7. The molecule has 2 N–H and O–H groups in total. The minimum Gasteiger partial charge on any atom is -0.480 e. The van der Waals surface area contributed by atoms with Gasteiger partial charge in [-0.1, -0.05) is 13.0 Å². The van der Waals surface area contributed by atoms with E-state index in [1.165, 1.54) is 11.3 Å². The highest BCUT2D eigenvalue weighted by Crippen LogP contribution is 2.27. The Kier molecular flexibility index (Phi) is 4.28. The molecular formula is C12H17NO3S. The van der Waals surface area contributed by atoms with Crippen molar-refractivity contribution in [3.63, 3.8) is 0 Å². The fourth-order valence-electron chi connectivity index (χ4n) is 1.42. The molecule has 0 spiro atoms. The molecule has 0 saturated carbocycles. The van der Waals surface area contributed by atoms with E-state index in [-0.39, 0.29) is 5.91 Å². The molecule has 0 aliphatic rings. The van der Waals surface area contributed by atoms with Crippen LogP contribution in [0.4, 0.5) is 0 Å². The van der Waals surface area contributed by atoms with Crippen LogP contribution < -0.4 is 5.32 Å². The molecule has 94 valence electrons. The Labute approximate surface area is 105 Å². The number of carboxylic acid groups (broad SMARTS) is 1. The smallest absolute Gasteiger partial charge is 0.326 e. The number of carbonyl (C=O) groups excluding carboxylic acids is 1. The van der Waals surface area contributed by atoms with Crippen LogP contribution >= 0.6 is 11.3 Å². The SMILES string of the molecule is CCC(NC(=O)C(C)(C)c1cccs1)C(=O)O. The van der Waals surface area contributed by atoms with E-state index in [0.29, 0.717) is 6.42 Å². The third kappa shape index (κ3) is 3.06. The summed E-state index contributed by atoms with van der Waals surface area (Å²) in [7, 11) is 0. The molecule has 17 heavy (non-hydrogen) atoms. The lowest BCUT2D eigenvalue weighted by atomic mass is 9.90. The molecule has 0 aliphatic heterocycles. The van der Waals surface area contributed by atoms with Crippen molar-refractivity contribution >= 4 is 23.2 Å². The Morgan fingerprint density at radius 3 is 2.59 bits per heavy atom. The highest BCUT2D eigenvalue weighted by atomic mass is 32.1. The zero-order valence-corrected chi connectivity index (χ0v) is 11.0. The van der Waals surface area contributed by atoms with Gasteiger partial charge in [-0.2, -0.15) is 0 Å². The Morgan fingerprint density at radius 1 is 1.53 bits per heavy atom. The molecule has 1 aromatic heterocycles. The first-order valence-corrected chi connectivity index (χ1v) is 6.35. The van der Waals surface area contributed by atoms with E-state index in [1.54, 1.807) is 20.8 Å². The van der Waals surface area contributed by atoms with Crippen LogP contribution in [0.25, 0.3) is 0 Å². The number of amides is 1. The summed E-state index contributed by atoms with van der Waals surface area (Å²) in [5.74, 6) is -1.25. The summed E-state index contributed by atoms with van der Waals surface area (Å²) in [5.41, 5.74) is -0.697. The number of rotatable bonds is 5. The zero-order chi connectivity index (χ0) is 13.1. The number of carbonyl (C=O) groups is 2. The van der Waals surface area contributed by atoms with Gasteiger partial charge >= 0.3 is 5.97 Å². The van der Waals surface area contributed by atoms with E-state index in [1.807, 2.05) is 17.5 Å². The van der Waals surface area contributed by atoms with Gasteiger partial charge in [0, 0.05) is 4.88 Å². The number of aliphatic carboxylic acids is 1. The summed E-state index contributed by atoms with van der Waals surface area (Å²) < 4.78 is 0. The van der Waals surface area contributed by atoms with Crippen molar-refractivity contribution < 1.29 is 14.7 Å². The van der Waals surface area contributed by atoms with Gasteiger partial charge in [0.1, 0.15) is 6.04 Å². The van der Waals surface area contributed by atoms with Crippen molar-refractivity contribution in [2.45, 2.75) is 38.6 Å². The fraction of sp³-hybridized carbons (Fsp3) is 0.500. The van der Waals surface area contributed by atoms with Crippen molar-refractivity contribution in [2.75, 3.05) is 0 Å². The Hall–Kier alpha value is -1.36. The molecule has 1 heterocycles. The van der Waals surface area contributed by atoms with Crippen molar-refractivity contribution in [1.82, 2.24) is 5.32 Å². The predicted molar refractivity (Wildman–Crippen MR) is 67.2 cm³/mol. The molecule has 1 rings (SSSR count). The minimum atomic E-state index is -0.997. The molecule has 0 aromatic carbocycles. The van der Waals surface area contributed by atoms with Gasteiger partial charge in [-0.25, -0.2) is 4.79 Å². The van der Waals surface area contributed by atoms with Gasteiger partial charge in [0.2, 0.25) is 5.91 Å². The highest BCUT2D eigenvalue weighted by molar-refractivity contribution is 7.10. The summed E-state index contributed by atoms with van der Waals surface area (Å²) in [6.45, 7) is 5.32. The third-order valence-electron chi connectivity index (χ3n) is 2.72. The van der Waals surface area contributed by atoms with Gasteiger partial charge in [-0.05, 0) is 31.7 Å². The number of carboxylic acids is 1. The maximum atomic E-state index is 12.1. The monoisotopic (exact) mass is 255 g/mol. The van der Waals surface area contributed by atoms with Crippen molar-refractivity contribution in [1.29, 1.82) is 0 Å². The number of hydrogen-bond donors (Lipinski definition) is 2. The molecule has 0 aliphatic carbocycles. The molecular weight excluding hydrogens is 238 g/mol. The molecule has 0 radical (unpaired) electrons. The van der Waals surface area contributed by atoms with Crippen molar-refractivity contribution in [2.24, 2.45) is 0 Å². The number of hydrogen-bond acceptors (Lipinski definition) is 3. The first-order chi connectivity index (χ1) is 7.89. The van der Waals surface area contributed by atoms with Gasteiger partial charge < -0.3 is 10.4 Å². The van der Waals surface area contributed by atoms with Crippen LogP contribution in [0.3, 0.4) is 0 Å². The maximum absolute atomic E-state index is 12.1. The molecule has 5 heteroatoms. The van der Waals surface area contributed by atoms with Gasteiger partial charge in [-0.15, -0.1) is 11.3 Å². The largest absolute Gasteiger partial charge is 0.480 e. The number of nitrogens with one attached hydrogen (secondary N) is 1. The second kappa shape index (κ2) is 5.31. The predicted octanol–water partition coefficient (Wildman–Crippen LogP) is 2.01. The van der Waals surface area contributed by atoms with E-state index in [0.717, 1.165) is 4.88 Å². The molecule has 1 amide bonds. The summed E-state index contributed by atoms with van der Waals surface area (Å²) >= 11 is 1.49. The van der Waals surface area contributed by atoms with E-state index >= 15 is 0 Å². The average molecular weight is 255 g/mol. The summed E-state index contributed by atoms with van der Waals surface area (Å²) in [5, 5.41) is 13.4. The normalized spacial score (nSPS) is 13.1. The van der Waals surface area contributed by atoms with Crippen LogP contribution in [-0.4, -0.2) is 23.0 Å². The summed E-state index contributed by atoms with van der Waals surface area (Å²) in [6.07, 6.45) is 0.377. The van der Waals surface area contributed by atoms with Gasteiger partial charge in [0.05, 0.1) is 5.41 Å². The van der Waals surface area contributed by atoms with Crippen LogP contribution in [0.5, 0.6) is 0 Å². The fourth-order valence-corrected chi connectivity index (χ4v) is 2.27. The van der Waals surface area contributed by atoms with Gasteiger partial charge in [0.15, 0.2) is 0 Å². The van der Waals surface area contributed by atoms with E-state index in [4.69, 9.17) is 5.11 Å². The van der Waals surface area contributed by atoms with Crippen LogP contribution in [0.2, 0.25) is 0 Å². The molecule has 1 aromatic rings. The zero-order valence-electron chi connectivity index (χ0n) is 10.2. The van der Waals surface area contributed by atoms with E-state index in [9.17, 15) is 9.59 Å². The van der Waals surface area contributed by atoms with Gasteiger partial charge in [-0.3, -0.25) is 4.79 Å². The van der Waals surface area contributed by atoms with E-state index < -0.39 is 17.4 Å². The minimum absolute atomic E-state index is 0.255. The van der Waals surface area contributed by atoms with Crippen LogP contribution in [0, 0.1) is 0 Å². The van der Waals surface area contributed by atoms with Crippen LogP contribution in [0.1, 0.15) is 32.1 Å². The van der Waals surface area contributed by atoms with Crippen molar-refractivity contribution in [3.05, 3.63) is 22.4 Å². The van der Waals surface area contributed by atoms with Crippen molar-refractivity contribution in [3.8, 4) is 0 Å². The molecule has 0 saturated heterocycles. The second-order valence-corrected chi connectivity index (χ2v) is 5.32. The molecule has 1 atom stereocenters. The number of thiophene rings is 1. The quantitative estimate of drug-likeness (QED) is 0.845. The maximum Gasteiger partial charge on any atom is 0.326 e. The highest BCUT2D eigenvalue weighted by Gasteiger charge is 2.33. The average Bonchev–Trinajstić information content (AvgIpc) is 2.78. The molecule has 0 fully saturated rings. The van der Waals surface area contributed by atoms with Gasteiger partial charge in [0.25, 0.3) is 0 Å². The topological polar surface area (TPSA) is 66.4 Å². The molecule has 4 nitrogen and oxygen atoms in total. The van der Waals surface area contributed by atoms with Crippen LogP contribution in [0.15, 0.2) is 17.5 Å². The Morgan fingerprint density at radius 2 is 2.18 bits per heavy atom. The standard InChI is InChI=1S/C12H17NO3S/c1-4-8(10(14)15)13-11(16)12(2,3)9-6-5-7-17-9/h5-8H,4H2,1-3H3,(H,13,16)(H,14,15). The lowest BCUT2D eigenvalue weighted by molar-refractivity contribution is -0.142. The summed E-state index contributed by atoms with van der Waals surface area (Å²) in [4.78, 5) is 23.9. The van der Waals surface area contributed by atoms with Crippen LogP contribution in [-0.2, 0) is 15.0 Å². The second-order valence-electron chi connectivity index (χ2n) is 4.37. The summed E-state index contributed by atoms with van der Waals surface area (Å²) in [6, 6.07) is 2.94. The van der Waals surface area contributed by atoms with E-state index in [2.05, 4.69) is 5.32 Å². The first-order valence-electron chi connectivity index (χ1n) is 5.47. The third-order valence-corrected chi connectivity index (χ3v) is 3.91. The lowest BCUT2D eigenvalue weighted by Gasteiger charge is -2.24. The Bertz CT molecular complexity index is 398. The lowest BCUT2D eigenvalue weighted by Crippen LogP contribution is -2.47.